The van der Waals surface area contributed by atoms with Gasteiger partial charge in [0.15, 0.2) is 0 Å². The predicted octanol–water partition coefficient (Wildman–Crippen LogP) is 0.473. The van der Waals surface area contributed by atoms with Gasteiger partial charge in [0.2, 0.25) is 5.91 Å². The Labute approximate surface area is 115 Å². The van der Waals surface area contributed by atoms with E-state index in [0.717, 1.165) is 0 Å². The molecule has 3 N–H and O–H groups in total. The van der Waals surface area contributed by atoms with Crippen molar-refractivity contribution in [2.24, 2.45) is 0 Å². The third-order valence-electron chi connectivity index (χ3n) is 2.64. The lowest BCUT2D eigenvalue weighted by atomic mass is 10.2. The van der Waals surface area contributed by atoms with Gasteiger partial charge in [0.25, 0.3) is 5.56 Å². The molecular weight excluding hydrogens is 260 g/mol. The Bertz CT molecular complexity index is 681. The first-order valence-electron chi connectivity index (χ1n) is 5.84. The van der Waals surface area contributed by atoms with Crippen LogP contribution >= 0.6 is 0 Å². The molecule has 0 saturated heterocycles. The summed E-state index contributed by atoms with van der Waals surface area (Å²) >= 11 is 0. The highest BCUT2D eigenvalue weighted by Crippen LogP contribution is 2.23. The van der Waals surface area contributed by atoms with E-state index in [1.165, 1.54) is 30.3 Å². The highest BCUT2D eigenvalue weighted by molar-refractivity contribution is 5.93. The van der Waals surface area contributed by atoms with Gasteiger partial charge in [-0.05, 0) is 12.1 Å². The lowest BCUT2D eigenvalue weighted by molar-refractivity contribution is -0.116. The van der Waals surface area contributed by atoms with E-state index in [-0.39, 0.29) is 18.0 Å². The molecule has 0 aliphatic heterocycles. The van der Waals surface area contributed by atoms with E-state index in [1.54, 1.807) is 18.2 Å². The van der Waals surface area contributed by atoms with Gasteiger partial charge in [-0.15, -0.1) is 0 Å². The maximum Gasteiger partial charge on any atom is 0.253 e. The number of nitrogens with two attached hydrogens (primary N) is 1. The molecular formula is C13H14N4O3. The van der Waals surface area contributed by atoms with Crippen molar-refractivity contribution in [1.82, 2.24) is 9.55 Å². The van der Waals surface area contributed by atoms with Gasteiger partial charge < -0.3 is 15.8 Å². The highest BCUT2D eigenvalue weighted by atomic mass is 16.5. The molecule has 20 heavy (non-hydrogen) atoms. The van der Waals surface area contributed by atoms with Crippen LogP contribution in [0.2, 0.25) is 0 Å². The fourth-order valence-electron chi connectivity index (χ4n) is 1.62. The molecule has 0 spiro atoms. The van der Waals surface area contributed by atoms with Crippen molar-refractivity contribution in [2.45, 2.75) is 6.54 Å². The van der Waals surface area contributed by atoms with Gasteiger partial charge in [0.05, 0.1) is 24.8 Å². The van der Waals surface area contributed by atoms with Crippen LogP contribution in [0.3, 0.4) is 0 Å². The second-order valence-electron chi connectivity index (χ2n) is 4.05. The molecule has 104 valence electrons. The number of anilines is 2. The number of nitrogen functional groups attached to an aromatic ring is 1. The predicted molar refractivity (Wildman–Crippen MR) is 74.5 cm³/mol. The number of methoxy groups -OCH3 is 1. The van der Waals surface area contributed by atoms with Crippen molar-refractivity contribution < 1.29 is 9.53 Å². The summed E-state index contributed by atoms with van der Waals surface area (Å²) in [5.41, 5.74) is 6.35. The zero-order valence-electron chi connectivity index (χ0n) is 10.9. The second kappa shape index (κ2) is 5.87. The molecule has 7 heteroatoms. The normalized spacial score (nSPS) is 10.1. The maximum absolute atomic E-state index is 11.9. The van der Waals surface area contributed by atoms with Crippen molar-refractivity contribution >= 4 is 17.3 Å². The zero-order valence-corrected chi connectivity index (χ0v) is 10.9. The number of carbonyl (C=O) groups is 1. The third-order valence-corrected chi connectivity index (χ3v) is 2.64. The molecule has 0 atom stereocenters. The molecule has 0 unspecified atom stereocenters. The standard InChI is InChI=1S/C13H14N4O3/c1-20-9-2-3-11(10(14)6-9)16-12(18)7-17-8-15-5-4-13(17)19/h2-6,8H,7,14H2,1H3,(H,16,18). The minimum absolute atomic E-state index is 0.127. The molecule has 0 aliphatic carbocycles. The Morgan fingerprint density at radius 3 is 2.90 bits per heavy atom. The van der Waals surface area contributed by atoms with Gasteiger partial charge in [0.1, 0.15) is 12.3 Å². The smallest absolute Gasteiger partial charge is 0.253 e. The lowest BCUT2D eigenvalue weighted by Gasteiger charge is -2.10. The van der Waals surface area contributed by atoms with E-state index in [1.807, 2.05) is 0 Å². The average Bonchev–Trinajstić information content (AvgIpc) is 2.43. The van der Waals surface area contributed by atoms with E-state index in [2.05, 4.69) is 10.3 Å². The Morgan fingerprint density at radius 1 is 1.45 bits per heavy atom. The van der Waals surface area contributed by atoms with Crippen LogP contribution in [0.1, 0.15) is 0 Å². The number of nitrogens with zero attached hydrogens (tertiary/aromatic N) is 2. The lowest BCUT2D eigenvalue weighted by Crippen LogP contribution is -2.27. The minimum Gasteiger partial charge on any atom is -0.497 e. The average molecular weight is 274 g/mol. The Kier molecular flexibility index (Phi) is 3.99. The summed E-state index contributed by atoms with van der Waals surface area (Å²) in [6.45, 7) is -0.127. The zero-order chi connectivity index (χ0) is 14.5. The van der Waals surface area contributed by atoms with E-state index >= 15 is 0 Å². The van der Waals surface area contributed by atoms with Crippen molar-refractivity contribution in [3.63, 3.8) is 0 Å². The van der Waals surface area contributed by atoms with Gasteiger partial charge in [-0.25, -0.2) is 4.98 Å². The van der Waals surface area contributed by atoms with Gasteiger partial charge >= 0.3 is 0 Å². The number of aromatic nitrogens is 2. The number of carbonyl (C=O) groups excluding carboxylic acids is 1. The largest absolute Gasteiger partial charge is 0.497 e. The highest BCUT2D eigenvalue weighted by Gasteiger charge is 2.07. The maximum atomic E-state index is 11.9. The summed E-state index contributed by atoms with van der Waals surface area (Å²) in [5, 5.41) is 2.63. The first kappa shape index (κ1) is 13.6. The minimum atomic E-state index is -0.364. The number of hydrogen-bond donors (Lipinski definition) is 2. The van der Waals surface area contributed by atoms with Crippen LogP contribution in [0.4, 0.5) is 11.4 Å². The van der Waals surface area contributed by atoms with Crippen LogP contribution in [-0.2, 0) is 11.3 Å². The van der Waals surface area contributed by atoms with Gasteiger partial charge in [0, 0.05) is 18.3 Å². The van der Waals surface area contributed by atoms with Crippen LogP contribution < -0.4 is 21.3 Å². The Hall–Kier alpha value is -2.83. The van der Waals surface area contributed by atoms with E-state index in [0.29, 0.717) is 17.1 Å². The van der Waals surface area contributed by atoms with Gasteiger partial charge in [-0.1, -0.05) is 0 Å². The monoisotopic (exact) mass is 274 g/mol. The molecule has 0 bridgehead atoms. The summed E-state index contributed by atoms with van der Waals surface area (Å²) < 4.78 is 6.22. The van der Waals surface area contributed by atoms with Crippen molar-refractivity contribution in [3.8, 4) is 5.75 Å². The molecule has 1 aromatic carbocycles. The van der Waals surface area contributed by atoms with Crippen LogP contribution in [0.25, 0.3) is 0 Å². The van der Waals surface area contributed by atoms with E-state index in [9.17, 15) is 9.59 Å². The fourth-order valence-corrected chi connectivity index (χ4v) is 1.62. The molecule has 2 aromatic rings. The molecule has 0 aliphatic rings. The number of rotatable bonds is 4. The van der Waals surface area contributed by atoms with Crippen LogP contribution in [0.5, 0.6) is 5.75 Å². The molecule has 2 rings (SSSR count). The summed E-state index contributed by atoms with van der Waals surface area (Å²) in [6.07, 6.45) is 2.68. The molecule has 0 saturated carbocycles. The summed E-state index contributed by atoms with van der Waals surface area (Å²) in [4.78, 5) is 27.1. The summed E-state index contributed by atoms with van der Waals surface area (Å²) in [6, 6.07) is 6.21. The Balaban J connectivity index is 2.09. The van der Waals surface area contributed by atoms with E-state index in [4.69, 9.17) is 10.5 Å². The van der Waals surface area contributed by atoms with Crippen LogP contribution in [0, 0.1) is 0 Å². The molecule has 1 heterocycles. The van der Waals surface area contributed by atoms with Crippen LogP contribution in [0.15, 0.2) is 41.6 Å². The number of nitrogens with one attached hydrogen (secondary N) is 1. The van der Waals surface area contributed by atoms with Gasteiger partial charge in [-0.3, -0.25) is 14.2 Å². The molecule has 0 radical (unpaired) electrons. The van der Waals surface area contributed by atoms with Crippen molar-refractivity contribution in [2.75, 3.05) is 18.2 Å². The second-order valence-corrected chi connectivity index (χ2v) is 4.05. The number of hydrogen-bond acceptors (Lipinski definition) is 5. The summed E-state index contributed by atoms with van der Waals surface area (Å²) in [7, 11) is 1.53. The number of ether oxygens (including phenoxy) is 1. The summed E-state index contributed by atoms with van der Waals surface area (Å²) in [5.74, 6) is 0.237. The van der Waals surface area contributed by atoms with Crippen molar-refractivity contribution in [1.29, 1.82) is 0 Å². The van der Waals surface area contributed by atoms with Crippen molar-refractivity contribution in [3.05, 3.63) is 47.1 Å². The van der Waals surface area contributed by atoms with Crippen LogP contribution in [-0.4, -0.2) is 22.6 Å². The molecule has 0 fully saturated rings. The first-order chi connectivity index (χ1) is 9.60. The third kappa shape index (κ3) is 3.14. The topological polar surface area (TPSA) is 99.2 Å². The quantitative estimate of drug-likeness (QED) is 0.790. The first-order valence-corrected chi connectivity index (χ1v) is 5.84. The molecule has 1 aromatic heterocycles. The van der Waals surface area contributed by atoms with Gasteiger partial charge in [-0.2, -0.15) is 0 Å². The van der Waals surface area contributed by atoms with E-state index < -0.39 is 0 Å². The Morgan fingerprint density at radius 2 is 2.25 bits per heavy atom. The molecule has 1 amide bonds. The SMILES string of the molecule is COc1ccc(NC(=O)Cn2cnccc2=O)c(N)c1. The number of benzene rings is 1. The molecule has 7 nitrogen and oxygen atoms in total. The fraction of sp³-hybridized carbons (Fsp3) is 0.154. The number of amides is 1.